The van der Waals surface area contributed by atoms with Crippen LogP contribution >= 0.6 is 0 Å². The molecule has 1 aromatic heterocycles. The van der Waals surface area contributed by atoms with Gasteiger partial charge in [-0.1, -0.05) is 24.3 Å². The Morgan fingerprint density at radius 1 is 0.952 bits per heavy atom. The average Bonchev–Trinajstić information content (AvgIpc) is 2.54. The normalized spacial score (nSPS) is 10.7. The Morgan fingerprint density at radius 3 is 2.57 bits per heavy atom. The molecule has 0 unspecified atom stereocenters. The largest absolute Gasteiger partial charge is 0.489 e. The zero-order valence-corrected chi connectivity index (χ0v) is 11.8. The van der Waals surface area contributed by atoms with E-state index in [-0.39, 0.29) is 0 Å². The molecule has 21 heavy (non-hydrogen) atoms. The van der Waals surface area contributed by atoms with Crippen LogP contribution in [0.3, 0.4) is 0 Å². The standard InChI is InChI=1S/C18H18N2O/c19-10-9-14-3-6-17(7-4-14)21-13-15-5-8-18-16(12-15)2-1-11-20-18/h1-8,11-12H,9-10,13,19H2. The zero-order chi connectivity index (χ0) is 14.5. The van der Waals surface area contributed by atoms with E-state index in [1.165, 1.54) is 5.56 Å². The van der Waals surface area contributed by atoms with Crippen molar-refractivity contribution in [1.82, 2.24) is 4.98 Å². The van der Waals surface area contributed by atoms with Gasteiger partial charge in [-0.3, -0.25) is 4.98 Å². The van der Waals surface area contributed by atoms with Gasteiger partial charge in [0.05, 0.1) is 5.52 Å². The Balaban J connectivity index is 1.68. The number of hydrogen-bond donors (Lipinski definition) is 1. The van der Waals surface area contributed by atoms with Crippen molar-refractivity contribution in [1.29, 1.82) is 0 Å². The molecular formula is C18H18N2O. The van der Waals surface area contributed by atoms with Crippen molar-refractivity contribution in [2.45, 2.75) is 13.0 Å². The molecule has 0 atom stereocenters. The van der Waals surface area contributed by atoms with E-state index in [9.17, 15) is 0 Å². The number of benzene rings is 2. The van der Waals surface area contributed by atoms with E-state index < -0.39 is 0 Å². The number of aromatic nitrogens is 1. The minimum Gasteiger partial charge on any atom is -0.489 e. The predicted molar refractivity (Wildman–Crippen MR) is 85.3 cm³/mol. The summed E-state index contributed by atoms with van der Waals surface area (Å²) in [6.45, 7) is 1.23. The average molecular weight is 278 g/mol. The molecule has 0 saturated carbocycles. The Hall–Kier alpha value is -2.39. The molecule has 0 amide bonds. The number of pyridine rings is 1. The third-order valence-corrected chi connectivity index (χ3v) is 3.43. The zero-order valence-electron chi connectivity index (χ0n) is 11.8. The van der Waals surface area contributed by atoms with Gasteiger partial charge in [-0.25, -0.2) is 0 Å². The molecule has 3 nitrogen and oxygen atoms in total. The summed E-state index contributed by atoms with van der Waals surface area (Å²) in [7, 11) is 0. The fraction of sp³-hybridized carbons (Fsp3) is 0.167. The number of ether oxygens (including phenoxy) is 1. The second-order valence-electron chi connectivity index (χ2n) is 5.00. The Labute approximate surface area is 124 Å². The summed E-state index contributed by atoms with van der Waals surface area (Å²) in [5.41, 5.74) is 8.93. The van der Waals surface area contributed by atoms with Gasteiger partial charge in [0, 0.05) is 11.6 Å². The van der Waals surface area contributed by atoms with Gasteiger partial charge in [-0.05, 0) is 54.4 Å². The number of hydrogen-bond acceptors (Lipinski definition) is 3. The van der Waals surface area contributed by atoms with Crippen LogP contribution in [-0.2, 0) is 13.0 Å². The highest BCUT2D eigenvalue weighted by molar-refractivity contribution is 5.78. The number of nitrogens with two attached hydrogens (primary N) is 1. The van der Waals surface area contributed by atoms with Crippen molar-refractivity contribution in [3.63, 3.8) is 0 Å². The highest BCUT2D eigenvalue weighted by Crippen LogP contribution is 2.17. The van der Waals surface area contributed by atoms with E-state index >= 15 is 0 Å². The summed E-state index contributed by atoms with van der Waals surface area (Å²) in [5.74, 6) is 0.877. The summed E-state index contributed by atoms with van der Waals surface area (Å²) >= 11 is 0. The molecule has 2 aromatic carbocycles. The smallest absolute Gasteiger partial charge is 0.119 e. The van der Waals surface area contributed by atoms with E-state index in [1.54, 1.807) is 6.20 Å². The van der Waals surface area contributed by atoms with Gasteiger partial charge in [0.25, 0.3) is 0 Å². The maximum absolute atomic E-state index is 5.82. The van der Waals surface area contributed by atoms with Crippen LogP contribution in [0, 0.1) is 0 Å². The maximum atomic E-state index is 5.82. The molecule has 0 bridgehead atoms. The van der Waals surface area contributed by atoms with Crippen molar-refractivity contribution in [3.05, 3.63) is 71.9 Å². The first-order valence-electron chi connectivity index (χ1n) is 7.10. The Morgan fingerprint density at radius 2 is 1.76 bits per heavy atom. The summed E-state index contributed by atoms with van der Waals surface area (Å²) in [4.78, 5) is 4.32. The molecule has 0 aliphatic heterocycles. The first kappa shape index (κ1) is 13.6. The van der Waals surface area contributed by atoms with Gasteiger partial charge >= 0.3 is 0 Å². The highest BCUT2D eigenvalue weighted by Gasteiger charge is 1.99. The molecule has 1 heterocycles. The topological polar surface area (TPSA) is 48.1 Å². The van der Waals surface area contributed by atoms with E-state index in [2.05, 4.69) is 35.3 Å². The third kappa shape index (κ3) is 3.38. The summed E-state index contributed by atoms with van der Waals surface area (Å²) < 4.78 is 5.82. The Bertz CT molecular complexity index is 723. The fourth-order valence-electron chi connectivity index (χ4n) is 2.30. The molecule has 0 fully saturated rings. The lowest BCUT2D eigenvalue weighted by Gasteiger charge is -2.08. The molecule has 2 N–H and O–H groups in total. The SMILES string of the molecule is NCCc1ccc(OCc2ccc3ncccc3c2)cc1. The van der Waals surface area contributed by atoms with Crippen molar-refractivity contribution in [2.75, 3.05) is 6.54 Å². The minimum absolute atomic E-state index is 0.557. The van der Waals surface area contributed by atoms with Crippen LogP contribution in [0.5, 0.6) is 5.75 Å². The van der Waals surface area contributed by atoms with Gasteiger partial charge < -0.3 is 10.5 Å². The summed E-state index contributed by atoms with van der Waals surface area (Å²) in [6, 6.07) is 18.3. The minimum atomic E-state index is 0.557. The molecule has 3 rings (SSSR count). The van der Waals surface area contributed by atoms with Gasteiger partial charge in [-0.2, -0.15) is 0 Å². The van der Waals surface area contributed by atoms with E-state index in [1.807, 2.05) is 24.3 Å². The molecule has 106 valence electrons. The van der Waals surface area contributed by atoms with Crippen molar-refractivity contribution in [3.8, 4) is 5.75 Å². The second-order valence-corrected chi connectivity index (χ2v) is 5.00. The van der Waals surface area contributed by atoms with Crippen LogP contribution in [-0.4, -0.2) is 11.5 Å². The first-order chi connectivity index (χ1) is 10.3. The van der Waals surface area contributed by atoms with Crippen LogP contribution in [0.25, 0.3) is 10.9 Å². The highest BCUT2D eigenvalue weighted by atomic mass is 16.5. The number of rotatable bonds is 5. The van der Waals surface area contributed by atoms with Crippen LogP contribution in [0.15, 0.2) is 60.8 Å². The fourth-order valence-corrected chi connectivity index (χ4v) is 2.30. The summed E-state index contributed by atoms with van der Waals surface area (Å²) in [6.07, 6.45) is 2.71. The molecule has 0 radical (unpaired) electrons. The molecule has 3 aromatic rings. The maximum Gasteiger partial charge on any atom is 0.119 e. The third-order valence-electron chi connectivity index (χ3n) is 3.43. The molecule has 0 saturated heterocycles. The molecule has 0 aliphatic rings. The monoisotopic (exact) mass is 278 g/mol. The van der Waals surface area contributed by atoms with Gasteiger partial charge in [0.15, 0.2) is 0 Å². The van der Waals surface area contributed by atoms with E-state index in [0.29, 0.717) is 13.2 Å². The second kappa shape index (κ2) is 6.37. The van der Waals surface area contributed by atoms with Gasteiger partial charge in [-0.15, -0.1) is 0 Å². The lowest BCUT2D eigenvalue weighted by atomic mass is 10.1. The van der Waals surface area contributed by atoms with Crippen molar-refractivity contribution >= 4 is 10.9 Å². The molecule has 0 spiro atoms. The molecular weight excluding hydrogens is 260 g/mol. The van der Waals surface area contributed by atoms with Crippen LogP contribution in [0.4, 0.5) is 0 Å². The number of fused-ring (bicyclic) bond motifs is 1. The lowest BCUT2D eigenvalue weighted by Crippen LogP contribution is -2.02. The van der Waals surface area contributed by atoms with Gasteiger partial charge in [0.1, 0.15) is 12.4 Å². The van der Waals surface area contributed by atoms with E-state index in [0.717, 1.165) is 28.6 Å². The number of nitrogens with zero attached hydrogens (tertiary/aromatic N) is 1. The van der Waals surface area contributed by atoms with Crippen molar-refractivity contribution in [2.24, 2.45) is 5.73 Å². The Kier molecular flexibility index (Phi) is 4.12. The van der Waals surface area contributed by atoms with Gasteiger partial charge in [0.2, 0.25) is 0 Å². The van der Waals surface area contributed by atoms with Crippen molar-refractivity contribution < 1.29 is 4.74 Å². The van der Waals surface area contributed by atoms with Crippen LogP contribution in [0.1, 0.15) is 11.1 Å². The van der Waals surface area contributed by atoms with Crippen LogP contribution in [0.2, 0.25) is 0 Å². The van der Waals surface area contributed by atoms with E-state index in [4.69, 9.17) is 10.5 Å². The lowest BCUT2D eigenvalue weighted by molar-refractivity contribution is 0.306. The van der Waals surface area contributed by atoms with Crippen LogP contribution < -0.4 is 10.5 Å². The first-order valence-corrected chi connectivity index (χ1v) is 7.10. The quantitative estimate of drug-likeness (QED) is 0.779. The molecule has 3 heteroatoms. The predicted octanol–water partition coefficient (Wildman–Crippen LogP) is 3.32. The molecule has 0 aliphatic carbocycles. The summed E-state index contributed by atoms with van der Waals surface area (Å²) in [5, 5.41) is 1.14.